The minimum absolute atomic E-state index is 0.0510. The first-order chi connectivity index (χ1) is 9.32. The first-order valence-corrected chi connectivity index (χ1v) is 5.74. The molecule has 0 fully saturated rings. The van der Waals surface area contributed by atoms with Crippen LogP contribution < -0.4 is 22.1 Å². The predicted molar refractivity (Wildman–Crippen MR) is 66.4 cm³/mol. The molecule has 0 heterocycles. The molecule has 20 heavy (non-hydrogen) atoms. The highest BCUT2D eigenvalue weighted by atomic mass is 16.5. The number of nitrogens with two attached hydrogens (primary N) is 2. The first kappa shape index (κ1) is 17.6. The molecule has 0 bridgehead atoms. The zero-order valence-electron chi connectivity index (χ0n) is 10.8. The van der Waals surface area contributed by atoms with Crippen LogP contribution in [0.2, 0.25) is 0 Å². The topological polar surface area (TPSA) is 174 Å². The van der Waals surface area contributed by atoms with Crippen LogP contribution in [-0.2, 0) is 19.1 Å². The van der Waals surface area contributed by atoms with Crippen molar-refractivity contribution in [1.82, 2.24) is 10.6 Å². The zero-order chi connectivity index (χ0) is 15.5. The minimum atomic E-state index is -1.27. The van der Waals surface area contributed by atoms with Gasteiger partial charge in [0.25, 0.3) is 0 Å². The summed E-state index contributed by atoms with van der Waals surface area (Å²) in [5.41, 5.74) is 9.72. The molecule has 4 amide bonds. The molecule has 0 aliphatic rings. The van der Waals surface area contributed by atoms with E-state index in [1.54, 1.807) is 0 Å². The Balaban J connectivity index is 3.92. The maximum Gasteiger partial charge on any atom is 0.326 e. The van der Waals surface area contributed by atoms with Crippen molar-refractivity contribution in [2.24, 2.45) is 11.5 Å². The maximum atomic E-state index is 11.4. The summed E-state index contributed by atoms with van der Waals surface area (Å²) in [5.74, 6) is -2.56. The van der Waals surface area contributed by atoms with Crippen LogP contribution in [0.15, 0.2) is 0 Å². The average Bonchev–Trinajstić information content (AvgIpc) is 2.32. The molecule has 0 aliphatic carbocycles. The summed E-state index contributed by atoms with van der Waals surface area (Å²) in [6, 6.07) is -1.95. The number of nitrogens with one attached hydrogen (secondary N) is 2. The third-order valence-corrected chi connectivity index (χ3v) is 2.06. The summed E-state index contributed by atoms with van der Waals surface area (Å²) in [6.07, 6.45) is -0.255. The molecule has 0 saturated heterocycles. The quantitative estimate of drug-likeness (QED) is 0.278. The van der Waals surface area contributed by atoms with E-state index in [0.717, 1.165) is 0 Å². The van der Waals surface area contributed by atoms with Crippen molar-refractivity contribution >= 4 is 23.8 Å². The van der Waals surface area contributed by atoms with E-state index in [4.69, 9.17) is 21.3 Å². The highest BCUT2D eigenvalue weighted by Crippen LogP contribution is 1.97. The van der Waals surface area contributed by atoms with Crippen LogP contribution in [0.4, 0.5) is 4.79 Å². The normalized spacial score (nSPS) is 11.4. The lowest BCUT2D eigenvalue weighted by atomic mass is 10.1. The van der Waals surface area contributed by atoms with Crippen LogP contribution in [0.25, 0.3) is 0 Å². The molecule has 1 atom stereocenters. The smallest absolute Gasteiger partial charge is 0.326 e. The second-order valence-corrected chi connectivity index (χ2v) is 3.81. The molecule has 0 rings (SSSR count). The first-order valence-electron chi connectivity index (χ1n) is 5.74. The number of hydrogen-bond acceptors (Lipinski definition) is 5. The molecular weight excluding hydrogens is 272 g/mol. The molecule has 10 heteroatoms. The molecule has 0 saturated carbocycles. The third-order valence-electron chi connectivity index (χ3n) is 2.06. The monoisotopic (exact) mass is 290 g/mol. The van der Waals surface area contributed by atoms with E-state index in [0.29, 0.717) is 0 Å². The Kier molecular flexibility index (Phi) is 8.43. The second kappa shape index (κ2) is 9.55. The van der Waals surface area contributed by atoms with Crippen molar-refractivity contribution in [3.05, 3.63) is 0 Å². The summed E-state index contributed by atoms with van der Waals surface area (Å²) < 4.78 is 4.78. The fraction of sp³-hybridized carbons (Fsp3) is 0.600. The lowest BCUT2D eigenvalue weighted by Crippen LogP contribution is -2.47. The van der Waals surface area contributed by atoms with Crippen LogP contribution in [0.1, 0.15) is 12.8 Å². The van der Waals surface area contributed by atoms with E-state index in [-0.39, 0.29) is 32.6 Å². The van der Waals surface area contributed by atoms with Crippen molar-refractivity contribution in [2.45, 2.75) is 18.9 Å². The van der Waals surface area contributed by atoms with Gasteiger partial charge in [-0.1, -0.05) is 0 Å². The van der Waals surface area contributed by atoms with Crippen LogP contribution in [0.3, 0.4) is 0 Å². The van der Waals surface area contributed by atoms with E-state index in [2.05, 4.69) is 10.6 Å². The van der Waals surface area contributed by atoms with Gasteiger partial charge >= 0.3 is 12.0 Å². The number of rotatable bonds is 10. The van der Waals surface area contributed by atoms with Gasteiger partial charge in [-0.25, -0.2) is 9.59 Å². The number of carbonyl (C=O) groups excluding carboxylic acids is 3. The summed E-state index contributed by atoms with van der Waals surface area (Å²) in [5, 5.41) is 13.3. The number of primary amides is 2. The number of amides is 4. The molecule has 114 valence electrons. The third kappa shape index (κ3) is 9.65. The summed E-state index contributed by atoms with van der Waals surface area (Å²) in [4.78, 5) is 43.1. The van der Waals surface area contributed by atoms with Crippen molar-refractivity contribution in [3.63, 3.8) is 0 Å². The van der Waals surface area contributed by atoms with Gasteiger partial charge in [0, 0.05) is 13.0 Å². The van der Waals surface area contributed by atoms with Crippen LogP contribution >= 0.6 is 0 Å². The van der Waals surface area contributed by atoms with E-state index < -0.39 is 29.9 Å². The van der Waals surface area contributed by atoms with Crippen molar-refractivity contribution in [2.75, 3.05) is 19.8 Å². The molecule has 0 spiro atoms. The van der Waals surface area contributed by atoms with Crippen molar-refractivity contribution in [3.8, 4) is 0 Å². The van der Waals surface area contributed by atoms with Gasteiger partial charge in [-0.3, -0.25) is 9.59 Å². The number of carboxylic acids is 1. The zero-order valence-corrected chi connectivity index (χ0v) is 10.8. The molecule has 0 aromatic rings. The lowest BCUT2D eigenvalue weighted by molar-refractivity contribution is -0.139. The average molecular weight is 290 g/mol. The summed E-state index contributed by atoms with van der Waals surface area (Å²) in [7, 11) is 0. The SMILES string of the molecule is NC(=O)CCC(NC(=O)NCCOCC(N)=O)C(=O)O. The number of hydrogen-bond donors (Lipinski definition) is 5. The fourth-order valence-corrected chi connectivity index (χ4v) is 1.16. The Morgan fingerprint density at radius 3 is 2.30 bits per heavy atom. The molecule has 0 aromatic heterocycles. The highest BCUT2D eigenvalue weighted by molar-refractivity contribution is 5.83. The molecule has 0 aliphatic heterocycles. The van der Waals surface area contributed by atoms with Crippen LogP contribution in [0.5, 0.6) is 0 Å². The standard InChI is InChI=1S/C10H18N4O6/c11-7(15)2-1-6(9(17)18)14-10(19)13-3-4-20-5-8(12)16/h6H,1-5H2,(H2,11,15)(H2,12,16)(H,17,18)(H2,13,14,19). The van der Waals surface area contributed by atoms with Crippen molar-refractivity contribution < 1.29 is 29.0 Å². The van der Waals surface area contributed by atoms with Gasteiger partial charge in [0.15, 0.2) is 0 Å². The second-order valence-electron chi connectivity index (χ2n) is 3.81. The van der Waals surface area contributed by atoms with Gasteiger partial charge in [0.05, 0.1) is 6.61 Å². The summed E-state index contributed by atoms with van der Waals surface area (Å²) in [6.45, 7) is -0.143. The van der Waals surface area contributed by atoms with Gasteiger partial charge in [0.1, 0.15) is 12.6 Å². The fourth-order valence-electron chi connectivity index (χ4n) is 1.16. The number of urea groups is 1. The molecule has 0 radical (unpaired) electrons. The number of aliphatic carboxylic acids is 1. The Morgan fingerprint density at radius 2 is 1.80 bits per heavy atom. The van der Waals surface area contributed by atoms with Crippen molar-refractivity contribution in [1.29, 1.82) is 0 Å². The lowest BCUT2D eigenvalue weighted by Gasteiger charge is -2.14. The molecular formula is C10H18N4O6. The molecule has 10 nitrogen and oxygen atoms in total. The predicted octanol–water partition coefficient (Wildman–Crippen LogP) is -2.49. The number of ether oxygens (including phenoxy) is 1. The van der Waals surface area contributed by atoms with E-state index in [9.17, 15) is 19.2 Å². The largest absolute Gasteiger partial charge is 0.480 e. The van der Waals surface area contributed by atoms with Gasteiger partial charge < -0.3 is 31.9 Å². The van der Waals surface area contributed by atoms with Gasteiger partial charge in [-0.2, -0.15) is 0 Å². The van der Waals surface area contributed by atoms with Gasteiger partial charge in [-0.15, -0.1) is 0 Å². The number of carbonyl (C=O) groups is 4. The van der Waals surface area contributed by atoms with E-state index >= 15 is 0 Å². The molecule has 0 aromatic carbocycles. The molecule has 1 unspecified atom stereocenters. The Morgan fingerprint density at radius 1 is 1.15 bits per heavy atom. The summed E-state index contributed by atoms with van der Waals surface area (Å²) >= 11 is 0. The van der Waals surface area contributed by atoms with E-state index in [1.807, 2.05) is 0 Å². The Labute approximate surface area is 114 Å². The van der Waals surface area contributed by atoms with Crippen LogP contribution in [0, 0.1) is 0 Å². The maximum absolute atomic E-state index is 11.4. The minimum Gasteiger partial charge on any atom is -0.480 e. The van der Waals surface area contributed by atoms with Gasteiger partial charge in [-0.05, 0) is 6.42 Å². The van der Waals surface area contributed by atoms with Gasteiger partial charge in [0.2, 0.25) is 11.8 Å². The molecule has 7 N–H and O–H groups in total. The Bertz CT molecular complexity index is 373. The Hall–Kier alpha value is -2.36. The number of carboxylic acid groups (broad SMARTS) is 1. The highest BCUT2D eigenvalue weighted by Gasteiger charge is 2.20. The van der Waals surface area contributed by atoms with E-state index in [1.165, 1.54) is 0 Å². The van der Waals surface area contributed by atoms with Crippen LogP contribution in [-0.4, -0.2) is 54.7 Å².